The summed E-state index contributed by atoms with van der Waals surface area (Å²) in [5.74, 6) is 0.216. The van der Waals surface area contributed by atoms with Crippen molar-refractivity contribution < 1.29 is 4.79 Å². The molecule has 146 valence electrons. The first kappa shape index (κ1) is 18.2. The van der Waals surface area contributed by atoms with Crippen molar-refractivity contribution in [1.82, 2.24) is 39.2 Å². The highest BCUT2D eigenvalue weighted by Gasteiger charge is 2.13. The molecule has 11 heteroatoms. The van der Waals surface area contributed by atoms with E-state index in [0.717, 1.165) is 10.1 Å². The van der Waals surface area contributed by atoms with E-state index in [0.29, 0.717) is 5.82 Å². The Balaban J connectivity index is 1.53. The molecule has 0 fully saturated rings. The molecule has 4 aromatic heterocycles. The number of amides is 1. The zero-order valence-corrected chi connectivity index (χ0v) is 15.6. The minimum atomic E-state index is -0.502. The fraction of sp³-hybridized carbons (Fsp3) is 0.167. The quantitative estimate of drug-likeness (QED) is 0.497. The maximum absolute atomic E-state index is 12.5. The van der Waals surface area contributed by atoms with Gasteiger partial charge in [0.25, 0.3) is 11.5 Å². The first-order chi connectivity index (χ1) is 14.0. The molecule has 11 nitrogen and oxygen atoms in total. The van der Waals surface area contributed by atoms with Crippen molar-refractivity contribution in [3.05, 3.63) is 75.2 Å². The van der Waals surface area contributed by atoms with E-state index in [9.17, 15) is 14.4 Å². The number of aryl methyl sites for hydroxylation is 1. The Bertz CT molecular complexity index is 1320. The van der Waals surface area contributed by atoms with Gasteiger partial charge in [-0.15, -0.1) is 0 Å². The van der Waals surface area contributed by atoms with Crippen LogP contribution in [0.2, 0.25) is 0 Å². The Kier molecular flexibility index (Phi) is 4.47. The fourth-order valence-corrected chi connectivity index (χ4v) is 2.86. The van der Waals surface area contributed by atoms with Crippen LogP contribution in [0.5, 0.6) is 0 Å². The molecule has 0 spiro atoms. The van der Waals surface area contributed by atoms with Gasteiger partial charge in [0.1, 0.15) is 18.3 Å². The lowest BCUT2D eigenvalue weighted by atomic mass is 10.2. The summed E-state index contributed by atoms with van der Waals surface area (Å²) in [6, 6.07) is 5.01. The summed E-state index contributed by atoms with van der Waals surface area (Å²) in [4.78, 5) is 49.1. The molecule has 0 aliphatic rings. The summed E-state index contributed by atoms with van der Waals surface area (Å²) in [6.45, 7) is 0.243. The summed E-state index contributed by atoms with van der Waals surface area (Å²) in [6.07, 6.45) is 5.92. The van der Waals surface area contributed by atoms with Gasteiger partial charge in [-0.2, -0.15) is 5.10 Å². The largest absolute Gasteiger partial charge is 0.348 e. The van der Waals surface area contributed by atoms with Crippen LogP contribution in [0.15, 0.2) is 52.8 Å². The second-order valence-corrected chi connectivity index (χ2v) is 6.35. The molecule has 4 heterocycles. The Morgan fingerprint density at radius 1 is 1.10 bits per heavy atom. The predicted octanol–water partition coefficient (Wildman–Crippen LogP) is -0.462. The highest BCUT2D eigenvalue weighted by atomic mass is 16.2. The minimum absolute atomic E-state index is 0.195. The van der Waals surface area contributed by atoms with Gasteiger partial charge in [-0.3, -0.25) is 18.7 Å². The molecule has 0 radical (unpaired) electrons. The number of carbonyl (C=O) groups is 1. The summed E-state index contributed by atoms with van der Waals surface area (Å²) in [5.41, 5.74) is 0.254. The van der Waals surface area contributed by atoms with Crippen LogP contribution in [0.4, 0.5) is 0 Å². The lowest BCUT2D eigenvalue weighted by Crippen LogP contribution is -2.37. The van der Waals surface area contributed by atoms with Crippen molar-refractivity contribution in [2.45, 2.75) is 6.54 Å². The topological polar surface area (TPSA) is 130 Å². The van der Waals surface area contributed by atoms with E-state index in [2.05, 4.69) is 25.4 Å². The third-order valence-electron chi connectivity index (χ3n) is 4.47. The van der Waals surface area contributed by atoms with Crippen LogP contribution in [0.1, 0.15) is 15.9 Å². The van der Waals surface area contributed by atoms with Crippen LogP contribution >= 0.6 is 0 Å². The molecule has 0 atom stereocenters. The molecule has 0 unspecified atom stereocenters. The van der Waals surface area contributed by atoms with Crippen LogP contribution in [0.25, 0.3) is 16.9 Å². The maximum atomic E-state index is 12.5. The molecule has 4 aromatic rings. The zero-order valence-electron chi connectivity index (χ0n) is 15.6. The second-order valence-electron chi connectivity index (χ2n) is 6.35. The molecule has 0 bridgehead atoms. The fourth-order valence-electron chi connectivity index (χ4n) is 2.86. The van der Waals surface area contributed by atoms with Gasteiger partial charge in [0.2, 0.25) is 0 Å². The van der Waals surface area contributed by atoms with Crippen LogP contribution in [0.3, 0.4) is 0 Å². The normalized spacial score (nSPS) is 11.0. The van der Waals surface area contributed by atoms with Crippen molar-refractivity contribution in [2.75, 3.05) is 0 Å². The number of nitrogens with zero attached hydrogens (tertiary/aromatic N) is 7. The molecule has 1 N–H and O–H groups in total. The highest BCUT2D eigenvalue weighted by molar-refractivity contribution is 5.96. The van der Waals surface area contributed by atoms with Gasteiger partial charge in [-0.25, -0.2) is 24.4 Å². The van der Waals surface area contributed by atoms with E-state index in [1.807, 2.05) is 6.07 Å². The average Bonchev–Trinajstić information content (AvgIpc) is 3.29. The lowest BCUT2D eigenvalue weighted by molar-refractivity contribution is 0.0950. The van der Waals surface area contributed by atoms with Crippen LogP contribution in [-0.4, -0.2) is 39.8 Å². The summed E-state index contributed by atoms with van der Waals surface area (Å²) in [7, 11) is 2.90. The van der Waals surface area contributed by atoms with Gasteiger partial charge in [-0.05, 0) is 17.7 Å². The summed E-state index contributed by atoms with van der Waals surface area (Å²) in [5, 5.41) is 6.96. The Labute approximate surface area is 163 Å². The number of fused-ring (bicyclic) bond motifs is 1. The van der Waals surface area contributed by atoms with Crippen LogP contribution in [-0.2, 0) is 20.6 Å². The predicted molar refractivity (Wildman–Crippen MR) is 103 cm³/mol. The molecule has 1 amide bonds. The van der Waals surface area contributed by atoms with Gasteiger partial charge in [0.05, 0.1) is 10.9 Å². The van der Waals surface area contributed by atoms with Crippen molar-refractivity contribution in [1.29, 1.82) is 0 Å². The summed E-state index contributed by atoms with van der Waals surface area (Å²) < 4.78 is 3.77. The van der Waals surface area contributed by atoms with Gasteiger partial charge in [-0.1, -0.05) is 6.07 Å². The van der Waals surface area contributed by atoms with E-state index in [1.165, 1.54) is 48.3 Å². The Hall–Kier alpha value is -4.15. The maximum Gasteiger partial charge on any atom is 0.332 e. The van der Waals surface area contributed by atoms with E-state index >= 15 is 0 Å². The smallest absolute Gasteiger partial charge is 0.332 e. The molecule has 0 aromatic carbocycles. The number of hydrogen-bond acceptors (Lipinski definition) is 7. The molecular formula is C18H16N8O3. The van der Waals surface area contributed by atoms with E-state index < -0.39 is 17.2 Å². The number of nitrogens with one attached hydrogen (secondary N) is 1. The number of carbonyl (C=O) groups excluding carboxylic acids is 1. The second kappa shape index (κ2) is 7.11. The average molecular weight is 392 g/mol. The van der Waals surface area contributed by atoms with Crippen molar-refractivity contribution in [2.24, 2.45) is 14.1 Å². The molecule has 0 aliphatic heterocycles. The molecule has 4 rings (SSSR count). The Morgan fingerprint density at radius 2 is 1.93 bits per heavy atom. The third-order valence-corrected chi connectivity index (χ3v) is 4.47. The van der Waals surface area contributed by atoms with Gasteiger partial charge < -0.3 is 5.32 Å². The Morgan fingerprint density at radius 3 is 2.62 bits per heavy atom. The number of pyridine rings is 2. The highest BCUT2D eigenvalue weighted by Crippen LogP contribution is 2.08. The van der Waals surface area contributed by atoms with E-state index in [4.69, 9.17) is 0 Å². The number of hydrogen-bond donors (Lipinski definition) is 1. The van der Waals surface area contributed by atoms with Gasteiger partial charge in [0.15, 0.2) is 5.82 Å². The molecule has 0 saturated carbocycles. The van der Waals surface area contributed by atoms with Gasteiger partial charge >= 0.3 is 5.69 Å². The summed E-state index contributed by atoms with van der Waals surface area (Å²) >= 11 is 0. The molecule has 0 aliphatic carbocycles. The standard InChI is InChI=1S/C18H16N8O3/c1-24-15-13(17(28)25(2)18(24)29)5-12(8-21-15)16(27)22-7-11-3-4-14(20-6-11)26-10-19-9-23-26/h3-6,8-10H,7H2,1-2H3,(H,22,27). The third kappa shape index (κ3) is 3.29. The molecule has 29 heavy (non-hydrogen) atoms. The van der Waals surface area contributed by atoms with Crippen molar-refractivity contribution >= 4 is 16.9 Å². The monoisotopic (exact) mass is 392 g/mol. The first-order valence-corrected chi connectivity index (χ1v) is 8.59. The van der Waals surface area contributed by atoms with E-state index in [-0.39, 0.29) is 23.1 Å². The number of aromatic nitrogens is 7. The number of rotatable bonds is 4. The zero-order chi connectivity index (χ0) is 20.5. The van der Waals surface area contributed by atoms with Crippen molar-refractivity contribution in [3.8, 4) is 5.82 Å². The first-order valence-electron chi connectivity index (χ1n) is 8.59. The van der Waals surface area contributed by atoms with Crippen LogP contribution in [0, 0.1) is 0 Å². The SMILES string of the molecule is Cn1c(=O)c2cc(C(=O)NCc3ccc(-n4cncn4)nc3)cnc2n(C)c1=O. The van der Waals surface area contributed by atoms with Gasteiger partial charge in [0, 0.05) is 33.0 Å². The lowest BCUT2D eigenvalue weighted by Gasteiger charge is -2.09. The van der Waals surface area contributed by atoms with Crippen LogP contribution < -0.4 is 16.6 Å². The van der Waals surface area contributed by atoms with Crippen molar-refractivity contribution in [3.63, 3.8) is 0 Å². The molecular weight excluding hydrogens is 376 g/mol. The van der Waals surface area contributed by atoms with E-state index in [1.54, 1.807) is 12.3 Å². The minimum Gasteiger partial charge on any atom is -0.348 e. The molecule has 0 saturated heterocycles.